The molecule has 0 spiro atoms. The Morgan fingerprint density at radius 1 is 1.69 bits per heavy atom. The number of hydrogen-bond acceptors (Lipinski definition) is 2. The van der Waals surface area contributed by atoms with Crippen LogP contribution in [0.5, 0.6) is 0 Å². The fraction of sp³-hybridized carbons (Fsp3) is 0.300. The van der Waals surface area contributed by atoms with Crippen molar-refractivity contribution in [2.45, 2.75) is 19.9 Å². The molecule has 0 aliphatic rings. The Morgan fingerprint density at radius 3 is 2.85 bits per heavy atom. The van der Waals surface area contributed by atoms with E-state index in [1.165, 1.54) is 11.3 Å². The number of amides is 1. The molecule has 13 heavy (non-hydrogen) atoms. The molecular formula is C10H11NOS. The van der Waals surface area contributed by atoms with E-state index in [4.69, 9.17) is 6.42 Å². The molecule has 0 fully saturated rings. The van der Waals surface area contributed by atoms with Gasteiger partial charge in [-0.3, -0.25) is 4.79 Å². The zero-order valence-corrected chi connectivity index (χ0v) is 8.44. The monoisotopic (exact) mass is 193 g/mol. The van der Waals surface area contributed by atoms with E-state index in [9.17, 15) is 4.79 Å². The Labute approximate surface area is 82.0 Å². The van der Waals surface area contributed by atoms with Crippen molar-refractivity contribution in [2.24, 2.45) is 0 Å². The van der Waals surface area contributed by atoms with Gasteiger partial charge in [-0.1, -0.05) is 5.92 Å². The molecular weight excluding hydrogens is 182 g/mol. The number of rotatable bonds is 2. The Hall–Kier alpha value is -1.27. The third-order valence-electron chi connectivity index (χ3n) is 1.56. The van der Waals surface area contributed by atoms with Gasteiger partial charge in [0.15, 0.2) is 0 Å². The van der Waals surface area contributed by atoms with Crippen LogP contribution in [-0.4, -0.2) is 11.9 Å². The first-order chi connectivity index (χ1) is 6.13. The van der Waals surface area contributed by atoms with Crippen molar-refractivity contribution in [2.75, 3.05) is 0 Å². The number of hydrogen-bond donors (Lipinski definition) is 1. The molecule has 1 rings (SSSR count). The van der Waals surface area contributed by atoms with Gasteiger partial charge in [-0.15, -0.1) is 17.8 Å². The smallest absolute Gasteiger partial charge is 0.262 e. The van der Waals surface area contributed by atoms with E-state index in [1.807, 2.05) is 13.0 Å². The van der Waals surface area contributed by atoms with Crippen molar-refractivity contribution in [3.8, 4) is 12.3 Å². The molecule has 2 nitrogen and oxygen atoms in total. The number of nitrogens with one attached hydrogen (secondary N) is 1. The minimum Gasteiger partial charge on any atom is -0.338 e. The zero-order valence-electron chi connectivity index (χ0n) is 7.63. The predicted molar refractivity (Wildman–Crippen MR) is 54.8 cm³/mol. The molecule has 1 amide bonds. The normalized spacial score (nSPS) is 11.8. The molecule has 0 aliphatic carbocycles. The molecule has 1 unspecified atom stereocenters. The van der Waals surface area contributed by atoms with Crippen molar-refractivity contribution in [1.82, 2.24) is 5.32 Å². The average molecular weight is 193 g/mol. The Morgan fingerprint density at radius 2 is 2.38 bits per heavy atom. The maximum atomic E-state index is 11.4. The lowest BCUT2D eigenvalue weighted by atomic mass is 10.3. The first-order valence-corrected chi connectivity index (χ1v) is 4.78. The van der Waals surface area contributed by atoms with Crippen LogP contribution in [-0.2, 0) is 0 Å². The van der Waals surface area contributed by atoms with Gasteiger partial charge in [0.1, 0.15) is 0 Å². The van der Waals surface area contributed by atoms with Crippen LogP contribution in [0.4, 0.5) is 0 Å². The van der Waals surface area contributed by atoms with Crippen molar-refractivity contribution < 1.29 is 4.79 Å². The minimum absolute atomic E-state index is 0.0939. The van der Waals surface area contributed by atoms with Gasteiger partial charge >= 0.3 is 0 Å². The van der Waals surface area contributed by atoms with Crippen molar-refractivity contribution in [3.63, 3.8) is 0 Å². The van der Waals surface area contributed by atoms with E-state index in [1.54, 1.807) is 13.0 Å². The van der Waals surface area contributed by atoms with Crippen LogP contribution in [0.15, 0.2) is 12.1 Å². The molecule has 68 valence electrons. The van der Waals surface area contributed by atoms with Gasteiger partial charge in [0.2, 0.25) is 0 Å². The van der Waals surface area contributed by atoms with E-state index < -0.39 is 0 Å². The summed E-state index contributed by atoms with van der Waals surface area (Å²) >= 11 is 1.47. The largest absolute Gasteiger partial charge is 0.338 e. The Bertz CT molecular complexity index is 348. The van der Waals surface area contributed by atoms with Crippen LogP contribution < -0.4 is 5.32 Å². The fourth-order valence-corrected chi connectivity index (χ4v) is 1.64. The third kappa shape index (κ3) is 2.60. The van der Waals surface area contributed by atoms with Crippen molar-refractivity contribution in [1.29, 1.82) is 0 Å². The molecule has 1 aromatic heterocycles. The summed E-state index contributed by atoms with van der Waals surface area (Å²) < 4.78 is 0. The van der Waals surface area contributed by atoms with Gasteiger partial charge < -0.3 is 5.32 Å². The van der Waals surface area contributed by atoms with Crippen molar-refractivity contribution >= 4 is 17.2 Å². The minimum atomic E-state index is -0.213. The highest BCUT2D eigenvalue weighted by atomic mass is 32.1. The van der Waals surface area contributed by atoms with Crippen LogP contribution in [0, 0.1) is 19.3 Å². The summed E-state index contributed by atoms with van der Waals surface area (Å²) in [6.07, 6.45) is 5.14. The molecule has 0 aromatic carbocycles. The second kappa shape index (κ2) is 4.11. The summed E-state index contributed by atoms with van der Waals surface area (Å²) in [5.41, 5.74) is 0. The molecule has 1 atom stereocenters. The van der Waals surface area contributed by atoms with Gasteiger partial charge in [-0.25, -0.2) is 0 Å². The summed E-state index contributed by atoms with van der Waals surface area (Å²) in [6.45, 7) is 3.74. The summed E-state index contributed by atoms with van der Waals surface area (Å²) in [4.78, 5) is 13.3. The number of thiophene rings is 1. The molecule has 0 saturated heterocycles. The Balaban J connectivity index is 2.65. The lowest BCUT2D eigenvalue weighted by molar-refractivity contribution is 0.0952. The molecule has 1 heterocycles. The molecule has 0 radical (unpaired) electrons. The standard InChI is InChI=1S/C10H11NOS/c1-4-7(2)11-10(12)9-6-5-8(3)13-9/h1,5-7H,2-3H3,(H,11,12). The molecule has 0 bridgehead atoms. The first-order valence-electron chi connectivity index (χ1n) is 3.97. The maximum Gasteiger partial charge on any atom is 0.262 e. The quantitative estimate of drug-likeness (QED) is 0.713. The zero-order chi connectivity index (χ0) is 9.84. The van der Waals surface area contributed by atoms with Gasteiger partial charge in [0, 0.05) is 4.88 Å². The number of carbonyl (C=O) groups is 1. The van der Waals surface area contributed by atoms with Crippen LogP contribution in [0.3, 0.4) is 0 Å². The van der Waals surface area contributed by atoms with E-state index in [-0.39, 0.29) is 11.9 Å². The van der Waals surface area contributed by atoms with Crippen LogP contribution in [0.1, 0.15) is 21.5 Å². The highest BCUT2D eigenvalue weighted by molar-refractivity contribution is 7.13. The number of carbonyl (C=O) groups excluding carboxylic acids is 1. The summed E-state index contributed by atoms with van der Waals surface area (Å²) in [6, 6.07) is 3.51. The second-order valence-corrected chi connectivity index (χ2v) is 4.06. The van der Waals surface area contributed by atoms with Crippen LogP contribution in [0.2, 0.25) is 0 Å². The number of terminal acetylenes is 1. The number of aryl methyl sites for hydroxylation is 1. The van der Waals surface area contributed by atoms with Gasteiger partial charge in [-0.2, -0.15) is 0 Å². The van der Waals surface area contributed by atoms with E-state index >= 15 is 0 Å². The lowest BCUT2D eigenvalue weighted by Gasteiger charge is -2.04. The highest BCUT2D eigenvalue weighted by Gasteiger charge is 2.08. The fourth-order valence-electron chi connectivity index (χ4n) is 0.866. The van der Waals surface area contributed by atoms with Crippen molar-refractivity contribution in [3.05, 3.63) is 21.9 Å². The summed E-state index contributed by atoms with van der Waals surface area (Å²) in [5, 5.41) is 2.69. The predicted octanol–water partition coefficient (Wildman–Crippen LogP) is 1.81. The van der Waals surface area contributed by atoms with Crippen LogP contribution >= 0.6 is 11.3 Å². The molecule has 1 N–H and O–H groups in total. The molecule has 0 aliphatic heterocycles. The van der Waals surface area contributed by atoms with Gasteiger partial charge in [-0.05, 0) is 26.0 Å². The summed E-state index contributed by atoms with van der Waals surface area (Å²) in [7, 11) is 0. The van der Waals surface area contributed by atoms with Gasteiger partial charge in [0.05, 0.1) is 10.9 Å². The average Bonchev–Trinajstić information content (AvgIpc) is 2.51. The van der Waals surface area contributed by atoms with Gasteiger partial charge in [0.25, 0.3) is 5.91 Å². The summed E-state index contributed by atoms with van der Waals surface area (Å²) in [5.74, 6) is 2.35. The molecule has 1 aromatic rings. The SMILES string of the molecule is C#CC(C)NC(=O)c1ccc(C)s1. The second-order valence-electron chi connectivity index (χ2n) is 2.77. The first kappa shape index (κ1) is 9.82. The highest BCUT2D eigenvalue weighted by Crippen LogP contribution is 2.14. The lowest BCUT2D eigenvalue weighted by Crippen LogP contribution is -2.30. The van der Waals surface area contributed by atoms with E-state index in [0.29, 0.717) is 4.88 Å². The van der Waals surface area contributed by atoms with Crippen LogP contribution in [0.25, 0.3) is 0 Å². The maximum absolute atomic E-state index is 11.4. The molecule has 3 heteroatoms. The van der Waals surface area contributed by atoms with E-state index in [2.05, 4.69) is 11.2 Å². The Kier molecular flexibility index (Phi) is 3.10. The topological polar surface area (TPSA) is 29.1 Å². The third-order valence-corrected chi connectivity index (χ3v) is 2.56. The molecule has 0 saturated carbocycles. The van der Waals surface area contributed by atoms with E-state index in [0.717, 1.165) is 4.88 Å².